The highest BCUT2D eigenvalue weighted by Crippen LogP contribution is 2.34. The molecule has 0 amide bonds. The van der Waals surface area contributed by atoms with Gasteiger partial charge in [0.2, 0.25) is 0 Å². The molecule has 0 saturated carbocycles. The molecular weight excluding hydrogens is 240 g/mol. The molecule has 0 saturated heterocycles. The van der Waals surface area contributed by atoms with E-state index < -0.39 is 5.54 Å². The number of carbonyl (C=O) groups is 1. The summed E-state index contributed by atoms with van der Waals surface area (Å²) in [5, 5.41) is 4.49. The second-order valence-corrected chi connectivity index (χ2v) is 5.05. The van der Waals surface area contributed by atoms with Crippen molar-refractivity contribution in [2.75, 3.05) is 13.2 Å². The van der Waals surface area contributed by atoms with Gasteiger partial charge in [-0.1, -0.05) is 18.2 Å². The summed E-state index contributed by atoms with van der Waals surface area (Å²) in [7, 11) is 0. The van der Waals surface area contributed by atoms with Crippen molar-refractivity contribution in [2.24, 2.45) is 0 Å². The highest BCUT2D eigenvalue weighted by Gasteiger charge is 2.42. The van der Waals surface area contributed by atoms with Crippen LogP contribution in [0.25, 0.3) is 10.9 Å². The van der Waals surface area contributed by atoms with Crippen LogP contribution < -0.4 is 5.32 Å². The van der Waals surface area contributed by atoms with E-state index in [9.17, 15) is 4.79 Å². The zero-order valence-corrected chi connectivity index (χ0v) is 11.2. The average molecular weight is 258 g/mol. The van der Waals surface area contributed by atoms with Gasteiger partial charge in [0.05, 0.1) is 12.3 Å². The SMILES string of the molecule is CCOC(=O)[C@@]1(C)NCCc2c1[nH]c1ccccc21. The van der Waals surface area contributed by atoms with E-state index in [1.165, 1.54) is 10.9 Å². The Bertz CT molecular complexity index is 632. The van der Waals surface area contributed by atoms with Crippen LogP contribution in [0.5, 0.6) is 0 Å². The third-order valence-corrected chi connectivity index (χ3v) is 3.85. The van der Waals surface area contributed by atoms with Crippen molar-refractivity contribution in [3.05, 3.63) is 35.5 Å². The van der Waals surface area contributed by atoms with Gasteiger partial charge in [0.25, 0.3) is 0 Å². The number of benzene rings is 1. The molecule has 1 aliphatic heterocycles. The summed E-state index contributed by atoms with van der Waals surface area (Å²) in [6.07, 6.45) is 0.925. The van der Waals surface area contributed by atoms with Gasteiger partial charge < -0.3 is 9.72 Å². The number of esters is 1. The molecule has 4 nitrogen and oxygen atoms in total. The lowest BCUT2D eigenvalue weighted by Gasteiger charge is -2.32. The van der Waals surface area contributed by atoms with Crippen molar-refractivity contribution < 1.29 is 9.53 Å². The predicted molar refractivity (Wildman–Crippen MR) is 74.0 cm³/mol. The standard InChI is InChI=1S/C15H18N2O2/c1-3-19-14(18)15(2)13-11(8-9-16-15)10-6-4-5-7-12(10)17-13/h4-7,16-17H,3,8-9H2,1-2H3/t15-/m0/s1. The number of ether oxygens (including phenoxy) is 1. The van der Waals surface area contributed by atoms with Crippen LogP contribution in [0.15, 0.2) is 24.3 Å². The highest BCUT2D eigenvalue weighted by atomic mass is 16.5. The van der Waals surface area contributed by atoms with Gasteiger partial charge in [0, 0.05) is 17.4 Å². The molecule has 2 aromatic rings. The molecule has 1 aromatic heterocycles. The monoisotopic (exact) mass is 258 g/mol. The lowest BCUT2D eigenvalue weighted by Crippen LogP contribution is -2.51. The number of H-pyrrole nitrogens is 1. The van der Waals surface area contributed by atoms with Crippen molar-refractivity contribution >= 4 is 16.9 Å². The van der Waals surface area contributed by atoms with Crippen LogP contribution in [0.4, 0.5) is 0 Å². The summed E-state index contributed by atoms with van der Waals surface area (Å²) in [6, 6.07) is 8.17. The number of aromatic nitrogens is 1. The zero-order chi connectivity index (χ0) is 13.5. The molecule has 3 rings (SSSR count). The van der Waals surface area contributed by atoms with Gasteiger partial charge in [-0.2, -0.15) is 0 Å². The normalized spacial score (nSPS) is 22.2. The number of carbonyl (C=O) groups excluding carboxylic acids is 1. The first-order chi connectivity index (χ1) is 9.16. The fraction of sp³-hybridized carbons (Fsp3) is 0.400. The van der Waals surface area contributed by atoms with Crippen molar-refractivity contribution in [1.29, 1.82) is 0 Å². The fourth-order valence-electron chi connectivity index (χ4n) is 2.86. The van der Waals surface area contributed by atoms with Crippen LogP contribution in [0.3, 0.4) is 0 Å². The van der Waals surface area contributed by atoms with Gasteiger partial charge in [-0.15, -0.1) is 0 Å². The minimum atomic E-state index is -0.775. The molecule has 0 unspecified atom stereocenters. The topological polar surface area (TPSA) is 54.1 Å². The van der Waals surface area contributed by atoms with Gasteiger partial charge in [-0.25, -0.2) is 4.79 Å². The maximum absolute atomic E-state index is 12.3. The fourth-order valence-corrected chi connectivity index (χ4v) is 2.86. The van der Waals surface area contributed by atoms with Gasteiger partial charge in [-0.05, 0) is 31.9 Å². The van der Waals surface area contributed by atoms with E-state index in [-0.39, 0.29) is 5.97 Å². The molecule has 0 fully saturated rings. The molecule has 0 spiro atoms. The van der Waals surface area contributed by atoms with Crippen molar-refractivity contribution in [2.45, 2.75) is 25.8 Å². The van der Waals surface area contributed by atoms with Crippen LogP contribution in [0.2, 0.25) is 0 Å². The summed E-state index contributed by atoms with van der Waals surface area (Å²) in [5.41, 5.74) is 2.47. The highest BCUT2D eigenvalue weighted by molar-refractivity contribution is 5.90. The second-order valence-electron chi connectivity index (χ2n) is 5.05. The summed E-state index contributed by atoms with van der Waals surface area (Å²) in [6.45, 7) is 4.89. The average Bonchev–Trinajstić information content (AvgIpc) is 2.80. The molecule has 1 aromatic carbocycles. The van der Waals surface area contributed by atoms with Crippen molar-refractivity contribution in [3.63, 3.8) is 0 Å². The van der Waals surface area contributed by atoms with Gasteiger partial charge in [-0.3, -0.25) is 5.32 Å². The molecular formula is C15H18N2O2. The van der Waals surface area contributed by atoms with E-state index in [1.54, 1.807) is 0 Å². The van der Waals surface area contributed by atoms with E-state index in [4.69, 9.17) is 4.74 Å². The van der Waals surface area contributed by atoms with Crippen LogP contribution in [-0.2, 0) is 21.5 Å². The first kappa shape index (κ1) is 12.2. The molecule has 0 bridgehead atoms. The van der Waals surface area contributed by atoms with Gasteiger partial charge in [0.15, 0.2) is 5.54 Å². The smallest absolute Gasteiger partial charge is 0.332 e. The molecule has 1 atom stereocenters. The first-order valence-corrected chi connectivity index (χ1v) is 6.69. The molecule has 0 aliphatic carbocycles. The number of fused-ring (bicyclic) bond motifs is 3. The molecule has 2 heterocycles. The number of hydrogen-bond acceptors (Lipinski definition) is 3. The van der Waals surface area contributed by atoms with Crippen LogP contribution in [0.1, 0.15) is 25.1 Å². The molecule has 19 heavy (non-hydrogen) atoms. The van der Waals surface area contributed by atoms with Gasteiger partial charge >= 0.3 is 5.97 Å². The lowest BCUT2D eigenvalue weighted by molar-refractivity contribution is -0.151. The maximum Gasteiger partial charge on any atom is 0.332 e. The number of para-hydroxylation sites is 1. The van der Waals surface area contributed by atoms with Crippen LogP contribution in [0, 0.1) is 0 Å². The number of rotatable bonds is 2. The van der Waals surface area contributed by atoms with Crippen molar-refractivity contribution in [1.82, 2.24) is 10.3 Å². The Morgan fingerprint density at radius 1 is 1.42 bits per heavy atom. The Kier molecular flexibility index (Phi) is 2.82. The largest absolute Gasteiger partial charge is 0.464 e. The number of hydrogen-bond donors (Lipinski definition) is 2. The summed E-state index contributed by atoms with van der Waals surface area (Å²) in [4.78, 5) is 15.6. The Balaban J connectivity index is 2.16. The van der Waals surface area contributed by atoms with E-state index in [1.807, 2.05) is 32.0 Å². The minimum Gasteiger partial charge on any atom is -0.464 e. The Morgan fingerprint density at radius 2 is 2.21 bits per heavy atom. The van der Waals surface area contributed by atoms with E-state index >= 15 is 0 Å². The second kappa shape index (κ2) is 4.38. The van der Waals surface area contributed by atoms with Crippen LogP contribution in [-0.4, -0.2) is 24.1 Å². The summed E-state index contributed by atoms with van der Waals surface area (Å²) >= 11 is 0. The van der Waals surface area contributed by atoms with E-state index in [0.717, 1.165) is 24.2 Å². The number of nitrogens with one attached hydrogen (secondary N) is 2. The Labute approximate surface area is 112 Å². The first-order valence-electron chi connectivity index (χ1n) is 6.69. The maximum atomic E-state index is 12.3. The number of aromatic amines is 1. The predicted octanol–water partition coefficient (Wildman–Crippen LogP) is 2.09. The van der Waals surface area contributed by atoms with Crippen LogP contribution >= 0.6 is 0 Å². The Hall–Kier alpha value is -1.81. The molecule has 4 heteroatoms. The molecule has 100 valence electrons. The quantitative estimate of drug-likeness (QED) is 0.811. The molecule has 0 radical (unpaired) electrons. The third kappa shape index (κ3) is 1.75. The molecule has 2 N–H and O–H groups in total. The van der Waals surface area contributed by atoms with E-state index in [2.05, 4.69) is 16.4 Å². The third-order valence-electron chi connectivity index (χ3n) is 3.85. The summed E-state index contributed by atoms with van der Waals surface area (Å²) < 4.78 is 5.22. The van der Waals surface area contributed by atoms with Gasteiger partial charge in [0.1, 0.15) is 0 Å². The lowest BCUT2D eigenvalue weighted by atomic mass is 9.88. The minimum absolute atomic E-state index is 0.220. The molecule has 1 aliphatic rings. The summed E-state index contributed by atoms with van der Waals surface area (Å²) in [5.74, 6) is -0.220. The zero-order valence-electron chi connectivity index (χ0n) is 11.2. The Morgan fingerprint density at radius 3 is 3.00 bits per heavy atom. The van der Waals surface area contributed by atoms with E-state index in [0.29, 0.717) is 6.61 Å². The van der Waals surface area contributed by atoms with Crippen molar-refractivity contribution in [3.8, 4) is 0 Å².